The van der Waals surface area contributed by atoms with Gasteiger partial charge >= 0.3 is 5.97 Å². The molecule has 1 aliphatic heterocycles. The van der Waals surface area contributed by atoms with E-state index in [4.69, 9.17) is 10.5 Å². The first-order valence-electron chi connectivity index (χ1n) is 32.9. The van der Waals surface area contributed by atoms with Gasteiger partial charge in [0.2, 0.25) is 59.1 Å². The summed E-state index contributed by atoms with van der Waals surface area (Å²) in [4.78, 5) is 158. The minimum absolute atomic E-state index is 0.123. The molecule has 1 aromatic heterocycles. The van der Waals surface area contributed by atoms with Crippen molar-refractivity contribution in [3.8, 4) is 16.9 Å². The average Bonchev–Trinajstić information content (AvgIpc) is 0.856. The van der Waals surface area contributed by atoms with E-state index in [0.717, 1.165) is 62.1 Å². The number of aliphatic hydroxyl groups excluding tert-OH is 3. The molecule has 34 heteroatoms. The van der Waals surface area contributed by atoms with Gasteiger partial charge in [-0.15, -0.1) is 10.6 Å². The highest BCUT2D eigenvalue weighted by Crippen LogP contribution is 2.29. The number of carbonyl (C=O) groups excluding carboxylic acids is 10. The van der Waals surface area contributed by atoms with Gasteiger partial charge in [0.15, 0.2) is 0 Å². The number of hydrogen-bond acceptors (Lipinski definition) is 21. The van der Waals surface area contributed by atoms with E-state index in [2.05, 4.69) is 84.7 Å². The molecule has 0 saturated heterocycles. The van der Waals surface area contributed by atoms with Gasteiger partial charge in [0.1, 0.15) is 64.6 Å². The lowest BCUT2D eigenvalue weighted by molar-refractivity contribution is -0.143. The Labute approximate surface area is 587 Å². The highest BCUT2D eigenvalue weighted by Gasteiger charge is 2.43. The normalized spacial score (nSPS) is 14.8. The number of hydrazone groups is 1. The molecule has 6 rings (SSSR count). The van der Waals surface area contributed by atoms with E-state index in [1.54, 1.807) is 48.7 Å². The van der Waals surface area contributed by atoms with Crippen molar-refractivity contribution in [3.05, 3.63) is 138 Å². The molecule has 0 aliphatic carbocycles. The Kier molecular flexibility index (Phi) is 30.3. The number of benzene rings is 4. The summed E-state index contributed by atoms with van der Waals surface area (Å²) in [5, 5.41) is 70.4. The van der Waals surface area contributed by atoms with Crippen LogP contribution in [0.2, 0.25) is 0 Å². The molecule has 550 valence electrons. The number of para-hydroxylation sites is 1. The molecule has 0 unspecified atom stereocenters. The number of aryl methyl sites for hydroxylation is 1. The molecule has 0 spiro atoms. The summed E-state index contributed by atoms with van der Waals surface area (Å²) in [5.74, 6) is -12.5. The standard InChI is InChI=1S/C68H90FN17O16/c1-7-41-30-46(102-28-14-13-26-70)23-24-47(41)42-21-19-40(20-22-42)29-49(59(94)75-44-16-9-8-10-17-44)76-60(95)51(32-55(91)92)77-61(96)52(36-87)78-62(97)56(38(2)88)81-66(101)68(6,33-43-15-11-12-18-48(43)69)82-63(98)57(39(3)89)80-54(90)35-73-58(93)50(31-53-83-85-86-84-53)79-65(100)67(4,5)64(99)72-27-25-45-34-71-37-74-45/h8-12,15-24,30,34,37-39,49-52,56-57,85-89H,7,13-14,25-29,31-33,35-36,70H2,1-6H3,(H,71,74)(H,72,99)(H,73,93)(H,75,94)(H,76,95)(H,77,96)(H,78,97)(H,79,100)(H,80,90)(H,81,101)(H,82,98)(H,83,84)(H,91,92)/t38-,39-,49+,50+,51+,52+,56+,57+,68+/m1/s1. The van der Waals surface area contributed by atoms with Crippen LogP contribution in [-0.2, 0) is 78.4 Å². The Morgan fingerprint density at radius 1 is 0.676 bits per heavy atom. The third-order valence-corrected chi connectivity index (χ3v) is 16.3. The Morgan fingerprint density at radius 3 is 1.96 bits per heavy atom. The minimum Gasteiger partial charge on any atom is -0.494 e. The zero-order valence-corrected chi connectivity index (χ0v) is 57.2. The van der Waals surface area contributed by atoms with Crippen molar-refractivity contribution in [1.29, 1.82) is 0 Å². The first-order chi connectivity index (χ1) is 48.5. The van der Waals surface area contributed by atoms with E-state index < -0.39 is 156 Å². The van der Waals surface area contributed by atoms with Crippen LogP contribution < -0.4 is 80.1 Å². The monoisotopic (exact) mass is 1420 g/mol. The molecule has 0 radical (unpaired) electrons. The van der Waals surface area contributed by atoms with Gasteiger partial charge in [0.05, 0.1) is 44.7 Å². The fourth-order valence-corrected chi connectivity index (χ4v) is 10.4. The number of nitrogens with zero attached hydrogens (tertiary/aromatic N) is 2. The number of nitrogens with two attached hydrogens (primary N) is 1. The maximum atomic E-state index is 15.5. The van der Waals surface area contributed by atoms with Crippen LogP contribution in [0.15, 0.2) is 115 Å². The number of aromatic nitrogens is 2. The van der Waals surface area contributed by atoms with Crippen molar-refractivity contribution in [1.82, 2.24) is 74.3 Å². The quantitative estimate of drug-likeness (QED) is 0.0151. The molecule has 0 saturated carbocycles. The molecule has 1 aliphatic rings. The third kappa shape index (κ3) is 23.9. The first kappa shape index (κ1) is 80.0. The lowest BCUT2D eigenvalue weighted by atomic mass is 9.90. The largest absolute Gasteiger partial charge is 0.494 e. The van der Waals surface area contributed by atoms with E-state index in [0.29, 0.717) is 43.0 Å². The molecule has 33 nitrogen and oxygen atoms in total. The SMILES string of the molecule is CCc1cc(OCCCCN)ccc1-c1ccc(C[C@H](NC(=O)[C@H](CC(=O)O)NC(=O)[C@H](CO)NC(=O)[C@@H](NC(=O)[C@](C)(Cc2ccccc2F)NC(=O)[C@@H](NC(=O)CNC(=O)[C@H](CC2=NNNN2)NC(=O)C(C)(C)C(=O)NCCc2cnc[nH]2)[C@@H](C)O)[C@@H](C)O)C(=O)Nc2ccccc2)cc1. The number of carboxylic acid groups (broad SMARTS) is 1. The molecular weight excluding hydrogens is 1330 g/mol. The van der Waals surface area contributed by atoms with Gasteiger partial charge in [0.25, 0.3) is 0 Å². The second-order valence-electron chi connectivity index (χ2n) is 24.9. The molecule has 9 atom stereocenters. The minimum atomic E-state index is -2.37. The molecule has 4 aromatic carbocycles. The van der Waals surface area contributed by atoms with Crippen LogP contribution >= 0.6 is 0 Å². The number of hydrazine groups is 2. The smallest absolute Gasteiger partial charge is 0.305 e. The van der Waals surface area contributed by atoms with Crippen LogP contribution in [0.3, 0.4) is 0 Å². The third-order valence-electron chi connectivity index (χ3n) is 16.3. The molecule has 2 heterocycles. The van der Waals surface area contributed by atoms with Crippen molar-refractivity contribution in [2.45, 2.75) is 147 Å². The van der Waals surface area contributed by atoms with Crippen LogP contribution in [0.4, 0.5) is 10.1 Å². The number of halogens is 1. The summed E-state index contributed by atoms with van der Waals surface area (Å²) in [6.45, 7) is 6.95. The average molecular weight is 1420 g/mol. The van der Waals surface area contributed by atoms with Gasteiger partial charge in [-0.3, -0.25) is 58.2 Å². The molecule has 0 bridgehead atoms. The van der Waals surface area contributed by atoms with Crippen LogP contribution in [0.25, 0.3) is 11.1 Å². The molecular formula is C68H90FN17O16. The predicted octanol–water partition coefficient (Wildman–Crippen LogP) is -1.85. The van der Waals surface area contributed by atoms with Crippen LogP contribution in [0, 0.1) is 11.2 Å². The van der Waals surface area contributed by atoms with Gasteiger partial charge in [-0.2, -0.15) is 0 Å². The summed E-state index contributed by atoms with van der Waals surface area (Å²) in [5.41, 5.74) is 13.3. The molecule has 5 aromatic rings. The summed E-state index contributed by atoms with van der Waals surface area (Å²) in [7, 11) is 0. The number of H-pyrrole nitrogens is 1. The number of ether oxygens (including phenoxy) is 1. The second kappa shape index (κ2) is 38.6. The highest BCUT2D eigenvalue weighted by molar-refractivity contribution is 6.06. The summed E-state index contributed by atoms with van der Waals surface area (Å²) in [6, 6.07) is 15.3. The fraction of sp³-hybridized carbons (Fsp3) is 0.426. The number of nitrogens with one attached hydrogen (secondary N) is 14. The number of aliphatic hydroxyl groups is 3. The van der Waals surface area contributed by atoms with E-state index in [1.165, 1.54) is 38.4 Å². The van der Waals surface area contributed by atoms with Crippen molar-refractivity contribution < 1.29 is 82.3 Å². The van der Waals surface area contributed by atoms with Crippen LogP contribution in [0.1, 0.15) is 89.6 Å². The van der Waals surface area contributed by atoms with Gasteiger partial charge < -0.3 is 89.0 Å². The maximum absolute atomic E-state index is 15.5. The molecule has 0 fully saturated rings. The number of aromatic amines is 1. The number of amidine groups is 1. The van der Waals surface area contributed by atoms with E-state index in [9.17, 15) is 73.2 Å². The van der Waals surface area contributed by atoms with Gasteiger partial charge in [-0.05, 0) is 119 Å². The number of imidazole rings is 1. The maximum Gasteiger partial charge on any atom is 0.305 e. The van der Waals surface area contributed by atoms with Gasteiger partial charge in [-0.1, -0.05) is 73.7 Å². The number of unbranched alkanes of at least 4 members (excludes halogenated alkanes) is 1. The number of anilines is 1. The predicted molar refractivity (Wildman–Crippen MR) is 368 cm³/mol. The summed E-state index contributed by atoms with van der Waals surface area (Å²) in [6.07, 6.45) is -0.140. The number of hydrogen-bond donors (Lipinski definition) is 19. The lowest BCUT2D eigenvalue weighted by Crippen LogP contribution is -2.67. The van der Waals surface area contributed by atoms with Gasteiger partial charge in [-0.25, -0.2) is 14.9 Å². The van der Waals surface area contributed by atoms with Crippen molar-refractivity contribution in [3.63, 3.8) is 0 Å². The molecule has 102 heavy (non-hydrogen) atoms. The van der Waals surface area contributed by atoms with E-state index in [1.807, 2.05) is 37.3 Å². The summed E-state index contributed by atoms with van der Waals surface area (Å²) >= 11 is 0. The number of amides is 10. The number of carbonyl (C=O) groups is 11. The van der Waals surface area contributed by atoms with Crippen molar-refractivity contribution >= 4 is 76.6 Å². The second-order valence-corrected chi connectivity index (χ2v) is 24.9. The molecule has 20 N–H and O–H groups in total. The van der Waals surface area contributed by atoms with Crippen LogP contribution in [-0.4, -0.2) is 188 Å². The van der Waals surface area contributed by atoms with Crippen LogP contribution in [0.5, 0.6) is 5.75 Å². The zero-order valence-electron chi connectivity index (χ0n) is 57.2. The highest BCUT2D eigenvalue weighted by atomic mass is 19.1. The summed E-state index contributed by atoms with van der Waals surface area (Å²) < 4.78 is 21.4. The van der Waals surface area contributed by atoms with Crippen molar-refractivity contribution in [2.75, 3.05) is 38.2 Å². The van der Waals surface area contributed by atoms with Crippen molar-refractivity contribution in [2.24, 2.45) is 16.3 Å². The Morgan fingerprint density at radius 2 is 1.33 bits per heavy atom. The molecule has 10 amide bonds. The van der Waals surface area contributed by atoms with E-state index in [-0.39, 0.29) is 30.8 Å². The Hall–Kier alpha value is -10.9. The number of aliphatic carboxylic acids is 1. The topological polar surface area (TPSA) is 501 Å². The van der Waals surface area contributed by atoms with Gasteiger partial charge in [0, 0.05) is 49.8 Å². The number of carboxylic acids is 1. The first-order valence-corrected chi connectivity index (χ1v) is 32.9. The zero-order chi connectivity index (χ0) is 74.7. The Balaban J connectivity index is 1.13. The lowest BCUT2D eigenvalue weighted by Gasteiger charge is -2.34. The Bertz CT molecular complexity index is 3750. The van der Waals surface area contributed by atoms with E-state index >= 15 is 4.39 Å². The fourth-order valence-electron chi connectivity index (χ4n) is 10.4. The number of rotatable bonds is 40.